The third kappa shape index (κ3) is 4.37. The number of halogens is 4. The minimum Gasteiger partial charge on any atom is -0.313 e. The van der Waals surface area contributed by atoms with Gasteiger partial charge in [-0.3, -0.25) is 4.68 Å². The maximum Gasteiger partial charge on any atom is 0.257 e. The number of sulfonamides is 1. The molecule has 1 saturated heterocycles. The van der Waals surface area contributed by atoms with E-state index in [1.54, 1.807) is 6.07 Å². The van der Waals surface area contributed by atoms with E-state index in [9.17, 15) is 21.6 Å². The minimum atomic E-state index is -3.94. The third-order valence-corrected chi connectivity index (χ3v) is 5.83. The molecule has 1 unspecified atom stereocenters. The van der Waals surface area contributed by atoms with E-state index in [1.165, 1.54) is 22.5 Å². The Morgan fingerprint density at radius 1 is 1.35 bits per heavy atom. The molecule has 2 heterocycles. The maximum absolute atomic E-state index is 13.5. The van der Waals surface area contributed by atoms with Crippen LogP contribution in [0.3, 0.4) is 0 Å². The van der Waals surface area contributed by atoms with Gasteiger partial charge in [-0.05, 0) is 17.7 Å². The van der Waals surface area contributed by atoms with E-state index in [1.807, 2.05) is 0 Å². The van der Waals surface area contributed by atoms with Gasteiger partial charge in [-0.15, -0.1) is 12.4 Å². The van der Waals surface area contributed by atoms with Crippen LogP contribution in [0.15, 0.2) is 41.6 Å². The molecule has 144 valence electrons. The number of piperazine rings is 1. The largest absolute Gasteiger partial charge is 0.313 e. The smallest absolute Gasteiger partial charge is 0.257 e. The number of hydrogen-bond donors (Lipinski definition) is 1. The van der Waals surface area contributed by atoms with Gasteiger partial charge in [0.25, 0.3) is 6.43 Å². The number of aromatic nitrogens is 2. The fourth-order valence-electron chi connectivity index (χ4n) is 2.83. The molecule has 1 N–H and O–H groups in total. The van der Waals surface area contributed by atoms with E-state index >= 15 is 0 Å². The molecule has 0 spiro atoms. The zero-order valence-electron chi connectivity index (χ0n) is 13.6. The van der Waals surface area contributed by atoms with Gasteiger partial charge in [-0.2, -0.15) is 9.40 Å². The molecular weight excluding hydrogens is 393 g/mol. The molecule has 0 bridgehead atoms. The summed E-state index contributed by atoms with van der Waals surface area (Å²) in [7, 11) is -3.94. The van der Waals surface area contributed by atoms with Crippen LogP contribution in [0.4, 0.5) is 13.2 Å². The van der Waals surface area contributed by atoms with Crippen molar-refractivity contribution in [3.05, 3.63) is 48.0 Å². The second-order valence-corrected chi connectivity index (χ2v) is 7.57. The predicted molar refractivity (Wildman–Crippen MR) is 91.4 cm³/mol. The first-order chi connectivity index (χ1) is 11.9. The second-order valence-electron chi connectivity index (χ2n) is 5.68. The Hall–Kier alpha value is -1.62. The number of nitrogens with zero attached hydrogens (tertiary/aromatic N) is 3. The second kappa shape index (κ2) is 8.38. The molecule has 1 atom stereocenters. The molecule has 6 nitrogen and oxygen atoms in total. The van der Waals surface area contributed by atoms with Gasteiger partial charge in [0.1, 0.15) is 17.3 Å². The lowest BCUT2D eigenvalue weighted by molar-refractivity contribution is 0.121. The summed E-state index contributed by atoms with van der Waals surface area (Å²) in [5.41, 5.74) is 0.524. The Balaban J connectivity index is 0.00000243. The van der Waals surface area contributed by atoms with Gasteiger partial charge in [-0.25, -0.2) is 21.6 Å². The SMILES string of the molecule is Cl.O=S(=O)(c1cnn(CC(F)F)c1)N1CCNCC1c1cccc(F)c1. The Morgan fingerprint density at radius 3 is 2.81 bits per heavy atom. The molecule has 3 rings (SSSR count). The average molecular weight is 411 g/mol. The van der Waals surface area contributed by atoms with Crippen molar-refractivity contribution in [2.24, 2.45) is 0 Å². The first-order valence-electron chi connectivity index (χ1n) is 7.66. The molecule has 1 aliphatic rings. The van der Waals surface area contributed by atoms with Crippen LogP contribution in [0.1, 0.15) is 11.6 Å². The first-order valence-corrected chi connectivity index (χ1v) is 9.10. The quantitative estimate of drug-likeness (QED) is 0.819. The van der Waals surface area contributed by atoms with Crippen molar-refractivity contribution in [2.45, 2.75) is 23.9 Å². The molecule has 0 saturated carbocycles. The highest BCUT2D eigenvalue weighted by atomic mass is 35.5. The molecule has 1 aromatic carbocycles. The minimum absolute atomic E-state index is 0. The van der Waals surface area contributed by atoms with Gasteiger partial charge >= 0.3 is 0 Å². The molecule has 1 aromatic heterocycles. The van der Waals surface area contributed by atoms with Crippen molar-refractivity contribution in [1.29, 1.82) is 0 Å². The van der Waals surface area contributed by atoms with Crippen LogP contribution >= 0.6 is 12.4 Å². The molecule has 1 aliphatic heterocycles. The standard InChI is InChI=1S/C15H17F3N4O2S.ClH/c16-12-3-1-2-11(6-12)14-8-19-4-5-22(14)25(23,24)13-7-20-21(9-13)10-15(17)18;/h1-3,6-7,9,14-15,19H,4-5,8,10H2;1H. The Morgan fingerprint density at radius 2 is 2.12 bits per heavy atom. The van der Waals surface area contributed by atoms with Crippen LogP contribution in [0.2, 0.25) is 0 Å². The van der Waals surface area contributed by atoms with E-state index in [4.69, 9.17) is 0 Å². The summed E-state index contributed by atoms with van der Waals surface area (Å²) in [5, 5.41) is 6.77. The van der Waals surface area contributed by atoms with E-state index in [-0.39, 0.29) is 23.8 Å². The molecule has 2 aromatic rings. The monoisotopic (exact) mass is 410 g/mol. The van der Waals surface area contributed by atoms with Crippen molar-refractivity contribution >= 4 is 22.4 Å². The topological polar surface area (TPSA) is 67.2 Å². The van der Waals surface area contributed by atoms with E-state index < -0.39 is 34.9 Å². The van der Waals surface area contributed by atoms with Crippen molar-refractivity contribution in [3.63, 3.8) is 0 Å². The number of hydrogen-bond acceptors (Lipinski definition) is 4. The summed E-state index contributed by atoms with van der Waals surface area (Å²) in [6.07, 6.45) is -0.483. The molecule has 26 heavy (non-hydrogen) atoms. The van der Waals surface area contributed by atoms with Crippen molar-refractivity contribution in [1.82, 2.24) is 19.4 Å². The number of nitrogens with one attached hydrogen (secondary N) is 1. The van der Waals surface area contributed by atoms with Crippen molar-refractivity contribution < 1.29 is 21.6 Å². The van der Waals surface area contributed by atoms with Gasteiger partial charge in [0, 0.05) is 25.8 Å². The Kier molecular flexibility index (Phi) is 6.67. The van der Waals surface area contributed by atoms with Crippen LogP contribution in [0.25, 0.3) is 0 Å². The van der Waals surface area contributed by atoms with Crippen LogP contribution < -0.4 is 5.32 Å². The number of alkyl halides is 2. The zero-order valence-corrected chi connectivity index (χ0v) is 15.2. The van der Waals surface area contributed by atoms with Crippen LogP contribution in [-0.2, 0) is 16.6 Å². The first kappa shape index (κ1) is 20.7. The molecule has 0 amide bonds. The summed E-state index contributed by atoms with van der Waals surface area (Å²) >= 11 is 0. The van der Waals surface area contributed by atoms with E-state index in [0.717, 1.165) is 17.1 Å². The van der Waals surface area contributed by atoms with Gasteiger partial charge in [0.2, 0.25) is 10.0 Å². The van der Waals surface area contributed by atoms with Gasteiger partial charge in [0.15, 0.2) is 0 Å². The lowest BCUT2D eigenvalue weighted by atomic mass is 10.1. The van der Waals surface area contributed by atoms with Gasteiger partial charge in [-0.1, -0.05) is 12.1 Å². The highest BCUT2D eigenvalue weighted by molar-refractivity contribution is 7.89. The van der Waals surface area contributed by atoms with E-state index in [0.29, 0.717) is 18.7 Å². The lowest BCUT2D eigenvalue weighted by Gasteiger charge is -2.35. The van der Waals surface area contributed by atoms with Crippen molar-refractivity contribution in [3.8, 4) is 0 Å². The molecule has 0 radical (unpaired) electrons. The van der Waals surface area contributed by atoms with E-state index in [2.05, 4.69) is 10.4 Å². The van der Waals surface area contributed by atoms with Crippen LogP contribution in [-0.4, -0.2) is 48.6 Å². The summed E-state index contributed by atoms with van der Waals surface area (Å²) < 4.78 is 66.4. The average Bonchev–Trinajstić information content (AvgIpc) is 3.03. The normalized spacial score (nSPS) is 18.7. The van der Waals surface area contributed by atoms with Gasteiger partial charge < -0.3 is 5.32 Å². The Bertz CT molecular complexity index is 847. The zero-order chi connectivity index (χ0) is 18.0. The lowest BCUT2D eigenvalue weighted by Crippen LogP contribution is -2.48. The maximum atomic E-state index is 13.5. The Labute approximate surface area is 155 Å². The van der Waals surface area contributed by atoms with Crippen LogP contribution in [0, 0.1) is 5.82 Å². The molecular formula is C15H18ClF3N4O2S. The summed E-state index contributed by atoms with van der Waals surface area (Å²) in [5.74, 6) is -0.454. The highest BCUT2D eigenvalue weighted by Crippen LogP contribution is 2.29. The fourth-order valence-corrected chi connectivity index (χ4v) is 4.39. The number of rotatable bonds is 5. The summed E-state index contributed by atoms with van der Waals surface area (Å²) in [6, 6.07) is 5.16. The molecule has 0 aliphatic carbocycles. The fraction of sp³-hybridized carbons (Fsp3) is 0.400. The predicted octanol–water partition coefficient (Wildman–Crippen LogP) is 2.04. The highest BCUT2D eigenvalue weighted by Gasteiger charge is 2.35. The van der Waals surface area contributed by atoms with Crippen molar-refractivity contribution in [2.75, 3.05) is 19.6 Å². The molecule has 1 fully saturated rings. The summed E-state index contributed by atoms with van der Waals surface area (Å²) in [4.78, 5) is -0.156. The van der Waals surface area contributed by atoms with Gasteiger partial charge in [0.05, 0.1) is 12.2 Å². The summed E-state index contributed by atoms with van der Waals surface area (Å²) in [6.45, 7) is 0.276. The number of benzene rings is 1. The molecule has 11 heteroatoms. The van der Waals surface area contributed by atoms with Crippen LogP contribution in [0.5, 0.6) is 0 Å². The third-order valence-electron chi connectivity index (χ3n) is 3.97.